The van der Waals surface area contributed by atoms with Gasteiger partial charge in [-0.25, -0.2) is 9.78 Å². The molecule has 0 saturated heterocycles. The molecule has 1 atom stereocenters. The van der Waals surface area contributed by atoms with E-state index in [2.05, 4.69) is 19.8 Å². The van der Waals surface area contributed by atoms with E-state index in [0.717, 1.165) is 12.3 Å². The Bertz CT molecular complexity index is 607. The molecule has 0 spiro atoms. The maximum atomic E-state index is 11.7. The Morgan fingerprint density at radius 3 is 2.67 bits per heavy atom. The zero-order chi connectivity index (χ0) is 18.1. The molecule has 132 valence electrons. The van der Waals surface area contributed by atoms with Crippen LogP contribution >= 0.6 is 0 Å². The molecule has 0 fully saturated rings. The monoisotopic (exact) mass is 340 g/mol. The fourth-order valence-corrected chi connectivity index (χ4v) is 1.93. The van der Waals surface area contributed by atoms with Crippen LogP contribution in [0.4, 0.5) is 11.5 Å². The Labute approximate surface area is 138 Å². The summed E-state index contributed by atoms with van der Waals surface area (Å²) in [6.07, 6.45) is 2.83. The van der Waals surface area contributed by atoms with E-state index < -0.39 is 22.9 Å². The molecule has 0 aromatic carbocycles. The quantitative estimate of drug-likeness (QED) is 0.289. The van der Waals surface area contributed by atoms with Gasteiger partial charge in [-0.15, -0.1) is 0 Å². The van der Waals surface area contributed by atoms with Crippen molar-refractivity contribution < 1.29 is 24.0 Å². The minimum atomic E-state index is -0.721. The van der Waals surface area contributed by atoms with Crippen molar-refractivity contribution >= 4 is 23.4 Å². The van der Waals surface area contributed by atoms with Gasteiger partial charge < -0.3 is 20.5 Å². The van der Waals surface area contributed by atoms with Gasteiger partial charge in [0.1, 0.15) is 23.6 Å². The van der Waals surface area contributed by atoms with Gasteiger partial charge in [0.05, 0.1) is 19.1 Å². The van der Waals surface area contributed by atoms with Crippen LogP contribution in [-0.2, 0) is 14.3 Å². The van der Waals surface area contributed by atoms with Crippen LogP contribution in [0, 0.1) is 10.1 Å². The Kier molecular flexibility index (Phi) is 7.56. The van der Waals surface area contributed by atoms with E-state index in [-0.39, 0.29) is 17.1 Å². The van der Waals surface area contributed by atoms with Gasteiger partial charge in [0.25, 0.3) is 5.69 Å². The van der Waals surface area contributed by atoms with Crippen molar-refractivity contribution in [2.24, 2.45) is 5.73 Å². The van der Waals surface area contributed by atoms with Gasteiger partial charge in [-0.2, -0.15) is 0 Å². The second-order valence-corrected chi connectivity index (χ2v) is 4.89. The number of nitrogens with one attached hydrogen (secondary N) is 1. The van der Waals surface area contributed by atoms with Crippen molar-refractivity contribution in [1.82, 2.24) is 4.98 Å². The SMILES string of the molecule is COC(=O)c1cc([N+](=O)[O-])cnc1NCCCC[C@H](N)C(=O)OC. The van der Waals surface area contributed by atoms with E-state index >= 15 is 0 Å². The number of hydrogen-bond acceptors (Lipinski definition) is 9. The predicted molar refractivity (Wildman–Crippen MR) is 84.6 cm³/mol. The number of nitro groups is 1. The molecule has 3 N–H and O–H groups in total. The third kappa shape index (κ3) is 5.47. The average Bonchev–Trinajstić information content (AvgIpc) is 2.59. The summed E-state index contributed by atoms with van der Waals surface area (Å²) in [7, 11) is 2.46. The first kappa shape index (κ1) is 19.3. The molecule has 1 rings (SSSR count). The Hall–Kier alpha value is -2.75. The number of anilines is 1. The van der Waals surface area contributed by atoms with Gasteiger partial charge in [0, 0.05) is 12.6 Å². The lowest BCUT2D eigenvalue weighted by Crippen LogP contribution is -2.31. The lowest BCUT2D eigenvalue weighted by molar-refractivity contribution is -0.385. The van der Waals surface area contributed by atoms with E-state index in [1.807, 2.05) is 0 Å². The van der Waals surface area contributed by atoms with Crippen molar-refractivity contribution in [1.29, 1.82) is 0 Å². The van der Waals surface area contributed by atoms with Gasteiger partial charge in [-0.05, 0) is 19.3 Å². The molecule has 1 heterocycles. The first-order chi connectivity index (χ1) is 11.4. The van der Waals surface area contributed by atoms with Crippen LogP contribution in [0.5, 0.6) is 0 Å². The zero-order valence-corrected chi connectivity index (χ0v) is 13.5. The molecule has 0 saturated carbocycles. The van der Waals surface area contributed by atoms with Crippen molar-refractivity contribution in [3.8, 4) is 0 Å². The molecule has 10 nitrogen and oxygen atoms in total. The van der Waals surface area contributed by atoms with E-state index in [4.69, 9.17) is 5.73 Å². The van der Waals surface area contributed by atoms with Crippen LogP contribution in [0.15, 0.2) is 12.3 Å². The van der Waals surface area contributed by atoms with Gasteiger partial charge in [-0.1, -0.05) is 0 Å². The molecular weight excluding hydrogens is 320 g/mol. The molecule has 1 aromatic rings. The Morgan fingerprint density at radius 1 is 1.38 bits per heavy atom. The highest BCUT2D eigenvalue weighted by atomic mass is 16.6. The highest BCUT2D eigenvalue weighted by Gasteiger charge is 2.18. The third-order valence-corrected chi connectivity index (χ3v) is 3.23. The molecular formula is C14H20N4O6. The van der Waals surface area contributed by atoms with Crippen molar-refractivity contribution in [2.75, 3.05) is 26.1 Å². The lowest BCUT2D eigenvalue weighted by atomic mass is 10.1. The number of esters is 2. The summed E-state index contributed by atoms with van der Waals surface area (Å²) in [5, 5.41) is 13.7. The normalized spacial score (nSPS) is 11.5. The fraction of sp³-hybridized carbons (Fsp3) is 0.500. The highest BCUT2D eigenvalue weighted by molar-refractivity contribution is 5.95. The molecule has 24 heavy (non-hydrogen) atoms. The summed E-state index contributed by atoms with van der Waals surface area (Å²) in [5.74, 6) is -0.987. The van der Waals surface area contributed by atoms with Crippen LogP contribution in [0.1, 0.15) is 29.6 Å². The maximum absolute atomic E-state index is 11.7. The number of nitrogens with zero attached hydrogens (tertiary/aromatic N) is 2. The average molecular weight is 340 g/mol. The molecule has 0 aliphatic heterocycles. The second kappa shape index (κ2) is 9.40. The molecule has 1 aromatic heterocycles. The molecule has 0 amide bonds. The van der Waals surface area contributed by atoms with Crippen molar-refractivity contribution in [3.63, 3.8) is 0 Å². The molecule has 0 radical (unpaired) electrons. The lowest BCUT2D eigenvalue weighted by Gasteiger charge is -2.11. The number of unbranched alkanes of at least 4 members (excludes halogenated alkanes) is 1. The van der Waals surface area contributed by atoms with E-state index in [0.29, 0.717) is 25.8 Å². The van der Waals surface area contributed by atoms with Crippen molar-refractivity contribution in [3.05, 3.63) is 27.9 Å². The molecule has 0 bridgehead atoms. The van der Waals surface area contributed by atoms with Crippen LogP contribution < -0.4 is 11.1 Å². The van der Waals surface area contributed by atoms with Crippen LogP contribution in [0.3, 0.4) is 0 Å². The number of carbonyl (C=O) groups excluding carboxylic acids is 2. The second-order valence-electron chi connectivity index (χ2n) is 4.89. The Morgan fingerprint density at radius 2 is 2.08 bits per heavy atom. The summed E-state index contributed by atoms with van der Waals surface area (Å²) in [5.41, 5.74) is 5.30. The summed E-state index contributed by atoms with van der Waals surface area (Å²) in [4.78, 5) is 36.9. The summed E-state index contributed by atoms with van der Waals surface area (Å²) in [6, 6.07) is 0.437. The number of carbonyl (C=O) groups is 2. The van der Waals surface area contributed by atoms with Crippen LogP contribution in [-0.4, -0.2) is 48.7 Å². The summed E-state index contributed by atoms with van der Waals surface area (Å²) < 4.78 is 9.13. The fourth-order valence-electron chi connectivity index (χ4n) is 1.93. The van der Waals surface area contributed by atoms with E-state index in [1.54, 1.807) is 0 Å². The number of aromatic nitrogens is 1. The summed E-state index contributed by atoms with van der Waals surface area (Å²) in [6.45, 7) is 0.447. The van der Waals surface area contributed by atoms with Gasteiger partial charge in [0.2, 0.25) is 0 Å². The van der Waals surface area contributed by atoms with Crippen LogP contribution in [0.25, 0.3) is 0 Å². The predicted octanol–water partition coefficient (Wildman–Crippen LogP) is 0.859. The molecule has 10 heteroatoms. The number of rotatable bonds is 9. The number of pyridine rings is 1. The number of ether oxygens (including phenoxy) is 2. The summed E-state index contributed by atoms with van der Waals surface area (Å²) >= 11 is 0. The number of methoxy groups -OCH3 is 2. The maximum Gasteiger partial charge on any atom is 0.341 e. The van der Waals surface area contributed by atoms with Gasteiger partial charge in [-0.3, -0.25) is 14.9 Å². The zero-order valence-electron chi connectivity index (χ0n) is 13.5. The topological polar surface area (TPSA) is 147 Å². The highest BCUT2D eigenvalue weighted by Crippen LogP contribution is 2.20. The minimum Gasteiger partial charge on any atom is -0.468 e. The standard InChI is InChI=1S/C14H20N4O6/c1-23-13(19)10-7-9(18(21)22)8-17-12(10)16-6-4-3-5-11(15)14(20)24-2/h7-8,11H,3-6,15H2,1-2H3,(H,16,17)/t11-/m0/s1. The minimum absolute atomic E-state index is 0.0158. The molecule has 0 aliphatic rings. The van der Waals surface area contributed by atoms with E-state index in [1.165, 1.54) is 14.2 Å². The first-order valence-corrected chi connectivity index (χ1v) is 7.20. The van der Waals surface area contributed by atoms with E-state index in [9.17, 15) is 19.7 Å². The van der Waals surface area contributed by atoms with Gasteiger partial charge >= 0.3 is 11.9 Å². The number of nitrogens with two attached hydrogens (primary N) is 1. The van der Waals surface area contributed by atoms with Crippen molar-refractivity contribution in [2.45, 2.75) is 25.3 Å². The smallest absolute Gasteiger partial charge is 0.341 e. The molecule has 0 aliphatic carbocycles. The van der Waals surface area contributed by atoms with Crippen LogP contribution in [0.2, 0.25) is 0 Å². The Balaban J connectivity index is 2.60. The molecule has 0 unspecified atom stereocenters. The third-order valence-electron chi connectivity index (χ3n) is 3.23. The first-order valence-electron chi connectivity index (χ1n) is 7.20. The largest absolute Gasteiger partial charge is 0.468 e. The number of hydrogen-bond donors (Lipinski definition) is 2. The van der Waals surface area contributed by atoms with Gasteiger partial charge in [0.15, 0.2) is 0 Å².